The highest BCUT2D eigenvalue weighted by molar-refractivity contribution is 5.93. The van der Waals surface area contributed by atoms with Crippen LogP contribution in [0.1, 0.15) is 48.0 Å². The molecule has 0 aliphatic carbocycles. The van der Waals surface area contributed by atoms with E-state index in [2.05, 4.69) is 28.4 Å². The Morgan fingerprint density at radius 2 is 2.00 bits per heavy atom. The summed E-state index contributed by atoms with van der Waals surface area (Å²) in [4.78, 5) is 21.5. The monoisotopic (exact) mass is 383 g/mol. The third kappa shape index (κ3) is 4.14. The fourth-order valence-electron chi connectivity index (χ4n) is 3.60. The van der Waals surface area contributed by atoms with Crippen molar-refractivity contribution in [2.24, 2.45) is 0 Å². The molecule has 1 amide bonds. The highest BCUT2D eigenvalue weighted by atomic mass is 16.5. The molecule has 28 heavy (non-hydrogen) atoms. The summed E-state index contributed by atoms with van der Waals surface area (Å²) in [7, 11) is 0. The number of hydrogen-bond donors (Lipinski definition) is 1. The van der Waals surface area contributed by atoms with Gasteiger partial charge >= 0.3 is 0 Å². The van der Waals surface area contributed by atoms with Gasteiger partial charge in [0, 0.05) is 43.3 Å². The van der Waals surface area contributed by atoms with Crippen molar-refractivity contribution in [3.05, 3.63) is 34.3 Å². The summed E-state index contributed by atoms with van der Waals surface area (Å²) in [6, 6.07) is 2.06. The van der Waals surface area contributed by atoms with E-state index in [1.54, 1.807) is 0 Å². The summed E-state index contributed by atoms with van der Waals surface area (Å²) in [6.45, 7) is 12.1. The Morgan fingerprint density at radius 1 is 1.21 bits per heavy atom. The minimum absolute atomic E-state index is 0.0501. The maximum Gasteiger partial charge on any atom is 0.220 e. The molecule has 0 aromatic carbocycles. The van der Waals surface area contributed by atoms with Crippen LogP contribution in [-0.4, -0.2) is 45.2 Å². The van der Waals surface area contributed by atoms with Crippen LogP contribution in [0, 0.1) is 27.7 Å². The van der Waals surface area contributed by atoms with Crippen LogP contribution in [0.2, 0.25) is 0 Å². The first-order valence-electron chi connectivity index (χ1n) is 9.89. The molecule has 3 rings (SSSR count). The van der Waals surface area contributed by atoms with Gasteiger partial charge in [0.1, 0.15) is 0 Å². The molecule has 0 radical (unpaired) electrons. The number of pyridine rings is 1. The maximum absolute atomic E-state index is 12.2. The third-order valence-electron chi connectivity index (χ3n) is 5.00. The topological polar surface area (TPSA) is 81.4 Å². The van der Waals surface area contributed by atoms with Crippen LogP contribution >= 0.6 is 0 Å². The molecular formula is C21H29N5O2. The van der Waals surface area contributed by atoms with E-state index in [1.807, 2.05) is 32.2 Å². The lowest BCUT2D eigenvalue weighted by atomic mass is 10.1. The molecule has 7 heteroatoms. The van der Waals surface area contributed by atoms with Gasteiger partial charge in [0.2, 0.25) is 5.91 Å². The van der Waals surface area contributed by atoms with E-state index < -0.39 is 0 Å². The molecule has 7 nitrogen and oxygen atoms in total. The second kappa shape index (κ2) is 8.65. The number of nitrogens with one attached hydrogen (secondary N) is 1. The molecule has 0 saturated carbocycles. The van der Waals surface area contributed by atoms with Gasteiger partial charge in [0.15, 0.2) is 11.3 Å². The van der Waals surface area contributed by atoms with E-state index in [4.69, 9.17) is 9.72 Å². The number of aryl methyl sites for hydroxylation is 4. The average molecular weight is 383 g/mol. The number of nitrogens with zero attached hydrogens (tertiary/aromatic N) is 4. The van der Waals surface area contributed by atoms with Gasteiger partial charge in [-0.15, -0.1) is 5.10 Å². The Hall–Kier alpha value is -2.54. The Labute approximate surface area is 165 Å². The van der Waals surface area contributed by atoms with E-state index in [0.717, 1.165) is 51.3 Å². The zero-order chi connectivity index (χ0) is 20.3. The molecule has 3 aromatic heterocycles. The van der Waals surface area contributed by atoms with Crippen molar-refractivity contribution in [1.29, 1.82) is 0 Å². The lowest BCUT2D eigenvalue weighted by molar-refractivity contribution is -0.121. The molecule has 0 spiro atoms. The summed E-state index contributed by atoms with van der Waals surface area (Å²) in [6.07, 6.45) is 1.90. The van der Waals surface area contributed by atoms with Crippen molar-refractivity contribution in [2.45, 2.75) is 53.9 Å². The first kappa shape index (κ1) is 20.2. The van der Waals surface area contributed by atoms with Gasteiger partial charge in [-0.05, 0) is 64.7 Å². The predicted octanol–water partition coefficient (Wildman–Crippen LogP) is 2.99. The van der Waals surface area contributed by atoms with Gasteiger partial charge in [0.25, 0.3) is 0 Å². The summed E-state index contributed by atoms with van der Waals surface area (Å²) in [5, 5.41) is 8.62. The number of amides is 1. The Balaban J connectivity index is 1.78. The van der Waals surface area contributed by atoms with E-state index in [-0.39, 0.29) is 5.91 Å². The second-order valence-electron chi connectivity index (χ2n) is 7.18. The number of rotatable bonds is 8. The van der Waals surface area contributed by atoms with Gasteiger partial charge in [-0.25, -0.2) is 14.5 Å². The highest BCUT2D eigenvalue weighted by Gasteiger charge is 2.17. The molecule has 0 saturated heterocycles. The van der Waals surface area contributed by atoms with Gasteiger partial charge in [0.05, 0.1) is 5.39 Å². The number of fused-ring (bicyclic) bond motifs is 3. The molecule has 1 N–H and O–H groups in total. The molecule has 0 aliphatic rings. The van der Waals surface area contributed by atoms with Crippen molar-refractivity contribution in [3.8, 4) is 0 Å². The van der Waals surface area contributed by atoms with E-state index >= 15 is 0 Å². The summed E-state index contributed by atoms with van der Waals surface area (Å²) in [5.41, 5.74) is 6.65. The van der Waals surface area contributed by atoms with Crippen LogP contribution in [0.5, 0.6) is 0 Å². The quantitative estimate of drug-likeness (QED) is 0.605. The number of ether oxygens (including phenoxy) is 1. The molecule has 3 aromatic rings. The van der Waals surface area contributed by atoms with Crippen LogP contribution in [0.15, 0.2) is 6.07 Å². The summed E-state index contributed by atoms with van der Waals surface area (Å²) in [5.74, 6) is 0.0501. The molecular weight excluding hydrogens is 354 g/mol. The lowest BCUT2D eigenvalue weighted by Crippen LogP contribution is -2.25. The third-order valence-corrected chi connectivity index (χ3v) is 5.00. The smallest absolute Gasteiger partial charge is 0.220 e. The van der Waals surface area contributed by atoms with Gasteiger partial charge in [-0.2, -0.15) is 0 Å². The minimum Gasteiger partial charge on any atom is -0.382 e. The molecule has 0 aliphatic heterocycles. The molecule has 0 bridgehead atoms. The average Bonchev–Trinajstić information content (AvgIpc) is 3.00. The molecule has 0 unspecified atom stereocenters. The first-order valence-corrected chi connectivity index (χ1v) is 9.89. The SMILES string of the molecule is CCOCCCNC(=O)CCc1c(C)nc2c3c(C)cc(C)nc3nn2c1C. The second-order valence-corrected chi connectivity index (χ2v) is 7.18. The zero-order valence-corrected chi connectivity index (χ0v) is 17.4. The van der Waals surface area contributed by atoms with Crippen LogP contribution in [0.3, 0.4) is 0 Å². The molecule has 150 valence electrons. The Kier molecular flexibility index (Phi) is 6.24. The van der Waals surface area contributed by atoms with Crippen molar-refractivity contribution < 1.29 is 9.53 Å². The maximum atomic E-state index is 12.2. The summed E-state index contributed by atoms with van der Waals surface area (Å²) < 4.78 is 7.15. The van der Waals surface area contributed by atoms with E-state index in [1.165, 1.54) is 0 Å². The van der Waals surface area contributed by atoms with Crippen LogP contribution < -0.4 is 5.32 Å². The van der Waals surface area contributed by atoms with E-state index in [9.17, 15) is 4.79 Å². The fourth-order valence-corrected chi connectivity index (χ4v) is 3.60. The normalized spacial score (nSPS) is 11.5. The van der Waals surface area contributed by atoms with Crippen molar-refractivity contribution in [2.75, 3.05) is 19.8 Å². The molecule has 0 fully saturated rings. The van der Waals surface area contributed by atoms with Crippen LogP contribution in [-0.2, 0) is 16.0 Å². The Bertz CT molecular complexity index is 1010. The van der Waals surface area contributed by atoms with Crippen LogP contribution in [0.4, 0.5) is 0 Å². The highest BCUT2D eigenvalue weighted by Crippen LogP contribution is 2.25. The number of hydrogen-bond acceptors (Lipinski definition) is 5. The van der Waals surface area contributed by atoms with Gasteiger partial charge in [-0.1, -0.05) is 0 Å². The standard InChI is InChI=1S/C21H29N5O2/c1-6-28-11-7-10-22-18(27)9-8-17-15(4)24-21-19-13(2)12-14(3)23-20(19)25-26(21)16(17)5/h12H,6-11H2,1-5H3,(H,22,27). The van der Waals surface area contributed by atoms with E-state index in [0.29, 0.717) is 32.6 Å². The van der Waals surface area contributed by atoms with Crippen LogP contribution in [0.25, 0.3) is 16.7 Å². The number of carbonyl (C=O) groups excluding carboxylic acids is 1. The van der Waals surface area contributed by atoms with Crippen molar-refractivity contribution in [3.63, 3.8) is 0 Å². The Morgan fingerprint density at radius 3 is 2.75 bits per heavy atom. The minimum atomic E-state index is 0.0501. The van der Waals surface area contributed by atoms with Crippen molar-refractivity contribution in [1.82, 2.24) is 24.9 Å². The number of aromatic nitrogens is 4. The lowest BCUT2D eigenvalue weighted by Gasteiger charge is -2.11. The fraction of sp³-hybridized carbons (Fsp3) is 0.524. The van der Waals surface area contributed by atoms with Gasteiger partial charge < -0.3 is 10.1 Å². The number of carbonyl (C=O) groups is 1. The van der Waals surface area contributed by atoms with Crippen molar-refractivity contribution >= 4 is 22.6 Å². The largest absolute Gasteiger partial charge is 0.382 e. The summed E-state index contributed by atoms with van der Waals surface area (Å²) >= 11 is 0. The molecule has 3 heterocycles. The molecule has 0 atom stereocenters. The van der Waals surface area contributed by atoms with Gasteiger partial charge in [-0.3, -0.25) is 4.79 Å². The predicted molar refractivity (Wildman–Crippen MR) is 110 cm³/mol. The zero-order valence-electron chi connectivity index (χ0n) is 17.4. The first-order chi connectivity index (χ1) is 13.4.